The molecule has 1 atom stereocenters. The van der Waals surface area contributed by atoms with Gasteiger partial charge in [0.05, 0.1) is 0 Å². The molecule has 0 N–H and O–H groups in total. The van der Waals surface area contributed by atoms with Crippen LogP contribution < -0.4 is 0 Å². The average molecular weight is 183 g/mol. The Morgan fingerprint density at radius 3 is 2.92 bits per heavy atom. The highest BCUT2D eigenvalue weighted by atomic mass is 19.1. The molecular weight excluding hydrogens is 176 g/mol. The monoisotopic (exact) mass is 183 g/mol. The second-order valence-electron chi connectivity index (χ2n) is 2.49. The van der Waals surface area contributed by atoms with Crippen LogP contribution in [0.2, 0.25) is 0 Å². The second-order valence-corrected chi connectivity index (χ2v) is 2.49. The summed E-state index contributed by atoms with van der Waals surface area (Å²) in [6.45, 7) is 0. The second kappa shape index (κ2) is 4.48. The SMILES string of the molecule is O=C=NC(F)Cc1cccc(F)c1. The van der Waals surface area contributed by atoms with Gasteiger partial charge in [-0.3, -0.25) is 0 Å². The first-order valence-corrected chi connectivity index (χ1v) is 3.68. The van der Waals surface area contributed by atoms with Crippen LogP contribution in [0.15, 0.2) is 29.3 Å². The van der Waals surface area contributed by atoms with E-state index in [0.29, 0.717) is 5.56 Å². The Labute approximate surface area is 73.9 Å². The van der Waals surface area contributed by atoms with E-state index in [1.54, 1.807) is 6.07 Å². The van der Waals surface area contributed by atoms with E-state index in [1.807, 2.05) is 0 Å². The summed E-state index contributed by atoms with van der Waals surface area (Å²) in [5, 5.41) is 0. The minimum Gasteiger partial charge on any atom is -0.221 e. The Kier molecular flexibility index (Phi) is 3.29. The summed E-state index contributed by atoms with van der Waals surface area (Å²) < 4.78 is 25.2. The van der Waals surface area contributed by atoms with E-state index in [-0.39, 0.29) is 6.42 Å². The van der Waals surface area contributed by atoms with Crippen molar-refractivity contribution >= 4 is 6.08 Å². The van der Waals surface area contributed by atoms with Crippen LogP contribution in [-0.2, 0) is 11.2 Å². The van der Waals surface area contributed by atoms with E-state index < -0.39 is 12.1 Å². The summed E-state index contributed by atoms with van der Waals surface area (Å²) in [5.41, 5.74) is 0.464. The summed E-state index contributed by atoms with van der Waals surface area (Å²) >= 11 is 0. The van der Waals surface area contributed by atoms with Gasteiger partial charge in [0.2, 0.25) is 12.4 Å². The van der Waals surface area contributed by atoms with Crippen LogP contribution in [0.3, 0.4) is 0 Å². The first kappa shape index (κ1) is 9.55. The van der Waals surface area contributed by atoms with Crippen molar-refractivity contribution in [1.82, 2.24) is 0 Å². The molecule has 0 aliphatic heterocycles. The quantitative estimate of drug-likeness (QED) is 0.400. The molecular formula is C9H7F2NO. The molecule has 0 heterocycles. The minimum atomic E-state index is -1.64. The predicted octanol–water partition coefficient (Wildman–Crippen LogP) is 2.00. The van der Waals surface area contributed by atoms with Crippen molar-refractivity contribution in [2.24, 2.45) is 4.99 Å². The maximum Gasteiger partial charge on any atom is 0.237 e. The summed E-state index contributed by atoms with van der Waals surface area (Å²) in [6.07, 6.45) is -0.635. The fourth-order valence-electron chi connectivity index (χ4n) is 0.961. The van der Waals surface area contributed by atoms with Gasteiger partial charge in [0.1, 0.15) is 5.82 Å². The lowest BCUT2D eigenvalue weighted by Crippen LogP contribution is -2.00. The number of halogens is 2. The Morgan fingerprint density at radius 1 is 1.54 bits per heavy atom. The molecule has 0 spiro atoms. The molecule has 1 rings (SSSR count). The largest absolute Gasteiger partial charge is 0.237 e. The van der Waals surface area contributed by atoms with E-state index in [9.17, 15) is 13.6 Å². The molecule has 1 aromatic carbocycles. The third-order valence-electron chi connectivity index (χ3n) is 1.49. The maximum atomic E-state index is 12.7. The third kappa shape index (κ3) is 3.13. The van der Waals surface area contributed by atoms with Gasteiger partial charge in [-0.2, -0.15) is 4.99 Å². The number of benzene rings is 1. The normalized spacial score (nSPS) is 11.8. The molecule has 0 aromatic heterocycles. The van der Waals surface area contributed by atoms with Crippen molar-refractivity contribution < 1.29 is 13.6 Å². The third-order valence-corrected chi connectivity index (χ3v) is 1.49. The highest BCUT2D eigenvalue weighted by Crippen LogP contribution is 2.08. The summed E-state index contributed by atoms with van der Waals surface area (Å²) in [5.74, 6) is -0.431. The van der Waals surface area contributed by atoms with Crippen molar-refractivity contribution in [1.29, 1.82) is 0 Å². The topological polar surface area (TPSA) is 29.4 Å². The van der Waals surface area contributed by atoms with Crippen molar-refractivity contribution in [3.63, 3.8) is 0 Å². The van der Waals surface area contributed by atoms with Gasteiger partial charge in [-0.1, -0.05) is 12.1 Å². The fourth-order valence-corrected chi connectivity index (χ4v) is 0.961. The van der Waals surface area contributed by atoms with E-state index >= 15 is 0 Å². The highest BCUT2D eigenvalue weighted by molar-refractivity contribution is 5.33. The lowest BCUT2D eigenvalue weighted by atomic mass is 10.1. The number of carbonyl (C=O) groups excluding carboxylic acids is 1. The molecule has 1 unspecified atom stereocenters. The molecule has 0 fully saturated rings. The molecule has 1 aromatic rings. The number of alkyl halides is 1. The van der Waals surface area contributed by atoms with Gasteiger partial charge in [-0.05, 0) is 17.7 Å². The van der Waals surface area contributed by atoms with Crippen molar-refractivity contribution in [2.45, 2.75) is 12.7 Å². The number of hydrogen-bond acceptors (Lipinski definition) is 2. The molecule has 0 saturated carbocycles. The van der Waals surface area contributed by atoms with Gasteiger partial charge in [0.25, 0.3) is 0 Å². The Bertz CT molecular complexity index is 334. The number of isocyanates is 1. The zero-order valence-electron chi connectivity index (χ0n) is 6.71. The molecule has 2 nitrogen and oxygen atoms in total. The van der Waals surface area contributed by atoms with E-state index in [2.05, 4.69) is 4.99 Å². The van der Waals surface area contributed by atoms with Gasteiger partial charge in [0, 0.05) is 6.42 Å². The van der Waals surface area contributed by atoms with E-state index in [0.717, 1.165) is 6.08 Å². The molecule has 0 bridgehead atoms. The average Bonchev–Trinajstić information content (AvgIpc) is 2.04. The van der Waals surface area contributed by atoms with Gasteiger partial charge in [-0.15, -0.1) is 0 Å². The van der Waals surface area contributed by atoms with Gasteiger partial charge >= 0.3 is 0 Å². The molecule has 13 heavy (non-hydrogen) atoms. The van der Waals surface area contributed by atoms with Crippen LogP contribution >= 0.6 is 0 Å². The summed E-state index contributed by atoms with van der Waals surface area (Å²) in [7, 11) is 0. The van der Waals surface area contributed by atoms with Crippen LogP contribution in [0.25, 0.3) is 0 Å². The molecule has 0 saturated heterocycles. The number of nitrogens with zero attached hydrogens (tertiary/aromatic N) is 1. The zero-order valence-corrected chi connectivity index (χ0v) is 6.71. The van der Waals surface area contributed by atoms with E-state index in [4.69, 9.17) is 0 Å². The fraction of sp³-hybridized carbons (Fsp3) is 0.222. The maximum absolute atomic E-state index is 12.7. The molecule has 4 heteroatoms. The standard InChI is InChI=1S/C9H7F2NO/c10-8-3-1-2-7(4-8)5-9(11)12-6-13/h1-4,9H,5H2. The molecule has 0 radical (unpaired) electrons. The van der Waals surface area contributed by atoms with Crippen molar-refractivity contribution in [3.05, 3.63) is 35.6 Å². The molecule has 0 amide bonds. The smallest absolute Gasteiger partial charge is 0.221 e. The Balaban J connectivity index is 2.68. The first-order chi connectivity index (χ1) is 6.22. The number of hydrogen-bond donors (Lipinski definition) is 0. The van der Waals surface area contributed by atoms with E-state index in [1.165, 1.54) is 18.2 Å². The number of rotatable bonds is 3. The highest BCUT2D eigenvalue weighted by Gasteiger charge is 2.05. The Hall–Kier alpha value is -1.54. The van der Waals surface area contributed by atoms with Crippen molar-refractivity contribution in [2.75, 3.05) is 0 Å². The zero-order chi connectivity index (χ0) is 9.68. The van der Waals surface area contributed by atoms with Crippen molar-refractivity contribution in [3.8, 4) is 0 Å². The molecule has 0 aliphatic carbocycles. The predicted molar refractivity (Wildman–Crippen MR) is 43.1 cm³/mol. The van der Waals surface area contributed by atoms with Crippen LogP contribution in [0.4, 0.5) is 8.78 Å². The molecule has 68 valence electrons. The van der Waals surface area contributed by atoms with Gasteiger partial charge in [0.15, 0.2) is 0 Å². The molecule has 0 aliphatic rings. The van der Waals surface area contributed by atoms with Gasteiger partial charge in [-0.25, -0.2) is 13.6 Å². The lowest BCUT2D eigenvalue weighted by Gasteiger charge is -2.00. The lowest BCUT2D eigenvalue weighted by molar-refractivity contribution is 0.343. The van der Waals surface area contributed by atoms with Crippen LogP contribution in [0, 0.1) is 5.82 Å². The Morgan fingerprint density at radius 2 is 2.31 bits per heavy atom. The summed E-state index contributed by atoms with van der Waals surface area (Å²) in [6, 6.07) is 5.50. The van der Waals surface area contributed by atoms with Crippen LogP contribution in [0.5, 0.6) is 0 Å². The first-order valence-electron chi connectivity index (χ1n) is 3.68. The van der Waals surface area contributed by atoms with Crippen LogP contribution in [-0.4, -0.2) is 12.4 Å². The summed E-state index contributed by atoms with van der Waals surface area (Å²) in [4.78, 5) is 12.5. The van der Waals surface area contributed by atoms with Gasteiger partial charge < -0.3 is 0 Å². The number of aliphatic imine (C=N–C) groups is 1. The van der Waals surface area contributed by atoms with Crippen LogP contribution in [0.1, 0.15) is 5.56 Å². The minimum absolute atomic E-state index is 0.104.